The standard InChI is InChI=1S/C16H17N3O3/c1-2-22-14-6-4-3-5-13(14)16(21)18-12-9-7-11(8-10-12)15(20)19-17/h3-10H,2,17H2,1H3,(H,18,21)(H,19,20). The quantitative estimate of drug-likeness (QED) is 0.447. The number of hydrazine groups is 1. The van der Waals surface area contributed by atoms with Crippen molar-refractivity contribution in [3.8, 4) is 5.75 Å². The fraction of sp³-hybridized carbons (Fsp3) is 0.125. The molecule has 0 saturated heterocycles. The van der Waals surface area contributed by atoms with Crippen LogP contribution in [0.2, 0.25) is 0 Å². The van der Waals surface area contributed by atoms with Gasteiger partial charge in [-0.1, -0.05) is 12.1 Å². The molecule has 0 unspecified atom stereocenters. The van der Waals surface area contributed by atoms with Crippen molar-refractivity contribution in [2.45, 2.75) is 6.92 Å². The van der Waals surface area contributed by atoms with Gasteiger partial charge in [-0.2, -0.15) is 0 Å². The van der Waals surface area contributed by atoms with E-state index in [1.165, 1.54) is 0 Å². The normalized spacial score (nSPS) is 9.91. The predicted octanol–water partition coefficient (Wildman–Crippen LogP) is 1.94. The molecule has 0 spiro atoms. The zero-order valence-corrected chi connectivity index (χ0v) is 12.1. The van der Waals surface area contributed by atoms with E-state index in [-0.39, 0.29) is 11.8 Å². The van der Waals surface area contributed by atoms with Crippen molar-refractivity contribution in [3.63, 3.8) is 0 Å². The number of carbonyl (C=O) groups is 2. The molecule has 2 rings (SSSR count). The molecule has 114 valence electrons. The summed E-state index contributed by atoms with van der Waals surface area (Å²) >= 11 is 0. The van der Waals surface area contributed by atoms with Gasteiger partial charge in [0.25, 0.3) is 11.8 Å². The second-order valence-electron chi connectivity index (χ2n) is 4.43. The molecule has 0 aliphatic rings. The van der Waals surface area contributed by atoms with Crippen molar-refractivity contribution in [1.29, 1.82) is 0 Å². The van der Waals surface area contributed by atoms with E-state index in [0.717, 1.165) is 0 Å². The summed E-state index contributed by atoms with van der Waals surface area (Å²) in [6, 6.07) is 13.4. The maximum absolute atomic E-state index is 12.3. The number of benzene rings is 2. The number of anilines is 1. The third-order valence-corrected chi connectivity index (χ3v) is 2.97. The molecule has 22 heavy (non-hydrogen) atoms. The fourth-order valence-corrected chi connectivity index (χ4v) is 1.92. The lowest BCUT2D eigenvalue weighted by molar-refractivity contribution is 0.0953. The summed E-state index contributed by atoms with van der Waals surface area (Å²) < 4.78 is 5.43. The van der Waals surface area contributed by atoms with Gasteiger partial charge in [-0.3, -0.25) is 15.0 Å². The number of nitrogens with one attached hydrogen (secondary N) is 2. The van der Waals surface area contributed by atoms with Gasteiger partial charge in [-0.15, -0.1) is 0 Å². The number of rotatable bonds is 5. The Kier molecular flexibility index (Phi) is 5.11. The van der Waals surface area contributed by atoms with Crippen molar-refractivity contribution in [2.75, 3.05) is 11.9 Å². The topological polar surface area (TPSA) is 93.4 Å². The van der Waals surface area contributed by atoms with E-state index in [9.17, 15) is 9.59 Å². The first-order chi connectivity index (χ1) is 10.7. The van der Waals surface area contributed by atoms with Crippen LogP contribution in [0.25, 0.3) is 0 Å². The van der Waals surface area contributed by atoms with Gasteiger partial charge in [0.15, 0.2) is 0 Å². The number of nitrogens with two attached hydrogens (primary N) is 1. The fourth-order valence-electron chi connectivity index (χ4n) is 1.92. The Morgan fingerprint density at radius 3 is 2.36 bits per heavy atom. The zero-order valence-electron chi connectivity index (χ0n) is 12.1. The molecule has 6 heteroatoms. The predicted molar refractivity (Wildman–Crippen MR) is 83.7 cm³/mol. The first-order valence-electron chi connectivity index (χ1n) is 6.80. The number of nitrogen functional groups attached to an aromatic ring is 1. The minimum atomic E-state index is -0.389. The Bertz CT molecular complexity index is 669. The van der Waals surface area contributed by atoms with E-state index in [0.29, 0.717) is 29.2 Å². The first-order valence-corrected chi connectivity index (χ1v) is 6.80. The highest BCUT2D eigenvalue weighted by Gasteiger charge is 2.12. The Hall–Kier alpha value is -2.86. The second kappa shape index (κ2) is 7.24. The SMILES string of the molecule is CCOc1ccccc1C(=O)Nc1ccc(C(=O)NN)cc1. The van der Waals surface area contributed by atoms with Crippen LogP contribution in [0, 0.1) is 0 Å². The lowest BCUT2D eigenvalue weighted by atomic mass is 10.1. The molecule has 2 aromatic rings. The van der Waals surface area contributed by atoms with Gasteiger partial charge in [0, 0.05) is 11.3 Å². The molecule has 0 aromatic heterocycles. The summed E-state index contributed by atoms with van der Waals surface area (Å²) in [5.41, 5.74) is 3.48. The van der Waals surface area contributed by atoms with Crippen LogP contribution in [0.5, 0.6) is 5.75 Å². The highest BCUT2D eigenvalue weighted by Crippen LogP contribution is 2.20. The van der Waals surface area contributed by atoms with Gasteiger partial charge < -0.3 is 10.1 Å². The van der Waals surface area contributed by atoms with E-state index in [2.05, 4.69) is 5.32 Å². The number of para-hydroxylation sites is 1. The Morgan fingerprint density at radius 1 is 1.05 bits per heavy atom. The van der Waals surface area contributed by atoms with Crippen LogP contribution in [0.4, 0.5) is 5.69 Å². The second-order valence-corrected chi connectivity index (χ2v) is 4.43. The molecule has 4 N–H and O–H groups in total. The van der Waals surface area contributed by atoms with Crippen molar-refractivity contribution >= 4 is 17.5 Å². The van der Waals surface area contributed by atoms with Gasteiger partial charge >= 0.3 is 0 Å². The van der Waals surface area contributed by atoms with Crippen LogP contribution >= 0.6 is 0 Å². The summed E-state index contributed by atoms with van der Waals surface area (Å²) in [6.45, 7) is 2.34. The molecule has 0 aliphatic carbocycles. The molecule has 0 bridgehead atoms. The number of ether oxygens (including phenoxy) is 1. The third kappa shape index (κ3) is 3.62. The number of hydrogen-bond acceptors (Lipinski definition) is 4. The Balaban J connectivity index is 2.14. The number of amides is 2. The molecule has 0 radical (unpaired) electrons. The first kappa shape index (κ1) is 15.5. The largest absolute Gasteiger partial charge is 0.493 e. The molecule has 2 amide bonds. The highest BCUT2D eigenvalue weighted by atomic mass is 16.5. The van der Waals surface area contributed by atoms with Crippen molar-refractivity contribution in [2.24, 2.45) is 5.84 Å². The molecule has 0 aliphatic heterocycles. The monoisotopic (exact) mass is 299 g/mol. The van der Waals surface area contributed by atoms with Gasteiger partial charge in [0.2, 0.25) is 0 Å². The van der Waals surface area contributed by atoms with Gasteiger partial charge in [0.1, 0.15) is 5.75 Å². The van der Waals surface area contributed by atoms with E-state index >= 15 is 0 Å². The minimum Gasteiger partial charge on any atom is -0.493 e. The molecule has 0 fully saturated rings. The van der Waals surface area contributed by atoms with E-state index in [1.807, 2.05) is 18.4 Å². The zero-order chi connectivity index (χ0) is 15.9. The van der Waals surface area contributed by atoms with Gasteiger partial charge in [-0.05, 0) is 43.3 Å². The Morgan fingerprint density at radius 2 is 1.73 bits per heavy atom. The van der Waals surface area contributed by atoms with Crippen molar-refractivity contribution in [1.82, 2.24) is 5.43 Å². The minimum absolute atomic E-state index is 0.278. The summed E-state index contributed by atoms with van der Waals surface area (Å²) in [7, 11) is 0. The van der Waals surface area contributed by atoms with Crippen LogP contribution in [0.3, 0.4) is 0 Å². The maximum Gasteiger partial charge on any atom is 0.265 e. The lowest BCUT2D eigenvalue weighted by Crippen LogP contribution is -2.29. The van der Waals surface area contributed by atoms with E-state index < -0.39 is 0 Å². The molecule has 6 nitrogen and oxygen atoms in total. The third-order valence-electron chi connectivity index (χ3n) is 2.97. The van der Waals surface area contributed by atoms with Crippen LogP contribution in [0.15, 0.2) is 48.5 Å². The summed E-state index contributed by atoms with van der Waals surface area (Å²) in [6.07, 6.45) is 0. The highest BCUT2D eigenvalue weighted by molar-refractivity contribution is 6.06. The number of hydrogen-bond donors (Lipinski definition) is 3. The molecular formula is C16H17N3O3. The average Bonchev–Trinajstić information content (AvgIpc) is 2.55. The van der Waals surface area contributed by atoms with E-state index in [1.54, 1.807) is 42.5 Å². The van der Waals surface area contributed by atoms with Crippen LogP contribution in [0.1, 0.15) is 27.6 Å². The van der Waals surface area contributed by atoms with Crippen LogP contribution in [-0.4, -0.2) is 18.4 Å². The van der Waals surface area contributed by atoms with Crippen LogP contribution < -0.4 is 21.3 Å². The maximum atomic E-state index is 12.3. The number of carbonyl (C=O) groups excluding carboxylic acids is 2. The lowest BCUT2D eigenvalue weighted by Gasteiger charge is -2.10. The summed E-state index contributed by atoms with van der Waals surface area (Å²) in [5.74, 6) is 4.92. The van der Waals surface area contributed by atoms with Crippen molar-refractivity contribution in [3.05, 3.63) is 59.7 Å². The van der Waals surface area contributed by atoms with Crippen molar-refractivity contribution < 1.29 is 14.3 Å². The smallest absolute Gasteiger partial charge is 0.265 e. The molecular weight excluding hydrogens is 282 g/mol. The van der Waals surface area contributed by atoms with Gasteiger partial charge in [0.05, 0.1) is 12.2 Å². The van der Waals surface area contributed by atoms with E-state index in [4.69, 9.17) is 10.6 Å². The molecule has 0 heterocycles. The molecule has 2 aromatic carbocycles. The molecule has 0 atom stereocenters. The molecule has 0 saturated carbocycles. The van der Waals surface area contributed by atoms with Crippen LogP contribution in [-0.2, 0) is 0 Å². The summed E-state index contributed by atoms with van der Waals surface area (Å²) in [5, 5.41) is 2.76. The summed E-state index contributed by atoms with van der Waals surface area (Å²) in [4.78, 5) is 23.6. The van der Waals surface area contributed by atoms with Gasteiger partial charge in [-0.25, -0.2) is 5.84 Å². The average molecular weight is 299 g/mol. The Labute approximate surface area is 128 Å².